The van der Waals surface area contributed by atoms with Crippen LogP contribution >= 0.6 is 0 Å². The Bertz CT molecular complexity index is 1040. The Balaban J connectivity index is 1.05. The van der Waals surface area contributed by atoms with Crippen molar-refractivity contribution in [3.63, 3.8) is 0 Å². The van der Waals surface area contributed by atoms with Gasteiger partial charge in [0, 0.05) is 24.7 Å². The van der Waals surface area contributed by atoms with E-state index in [1.165, 1.54) is 0 Å². The number of aliphatic hydroxyl groups excluding tert-OH is 4. The van der Waals surface area contributed by atoms with E-state index in [0.717, 1.165) is 58.0 Å². The fourth-order valence-electron chi connectivity index (χ4n) is 11.5. The van der Waals surface area contributed by atoms with Gasteiger partial charge in [-0.3, -0.25) is 4.79 Å². The molecule has 3 aliphatic heterocycles. The fraction of sp³-hybridized carbons (Fsp3) is 0.970. The summed E-state index contributed by atoms with van der Waals surface area (Å²) in [5, 5.41) is 40.4. The highest BCUT2D eigenvalue weighted by Crippen LogP contribution is 2.70. The average Bonchev–Trinajstić information content (AvgIpc) is 3.40. The van der Waals surface area contributed by atoms with Crippen LogP contribution in [0.4, 0.5) is 0 Å². The minimum atomic E-state index is -1.44. The highest BCUT2D eigenvalue weighted by Gasteiger charge is 2.70. The maximum absolute atomic E-state index is 14.3. The molecule has 0 aromatic rings. The lowest BCUT2D eigenvalue weighted by Gasteiger charge is -2.60. The number of Topliss-reactive ketones (excluding diaryl/α,β-unsaturated/α-hetero) is 1. The van der Waals surface area contributed by atoms with E-state index in [4.69, 9.17) is 18.9 Å². The second-order valence-corrected chi connectivity index (χ2v) is 15.9. The van der Waals surface area contributed by atoms with Crippen LogP contribution in [0.5, 0.6) is 0 Å². The number of rotatable bonds is 3. The minimum absolute atomic E-state index is 0.0507. The molecular weight excluding hydrogens is 540 g/mol. The van der Waals surface area contributed by atoms with Gasteiger partial charge in [-0.05, 0) is 85.4 Å². The summed E-state index contributed by atoms with van der Waals surface area (Å²) < 4.78 is 25.1. The van der Waals surface area contributed by atoms with Crippen molar-refractivity contribution in [3.05, 3.63) is 0 Å². The van der Waals surface area contributed by atoms with Crippen LogP contribution in [0.2, 0.25) is 0 Å². The van der Waals surface area contributed by atoms with Crippen LogP contribution in [0.25, 0.3) is 0 Å². The molecule has 7 aliphatic rings. The van der Waals surface area contributed by atoms with E-state index >= 15 is 0 Å². The molecule has 17 atom stereocenters. The molecule has 4 aliphatic carbocycles. The molecule has 4 saturated carbocycles. The first-order chi connectivity index (χ1) is 19.9. The lowest BCUT2D eigenvalue weighted by Crippen LogP contribution is -2.61. The quantitative estimate of drug-likeness (QED) is 0.365. The van der Waals surface area contributed by atoms with E-state index < -0.39 is 43.1 Å². The third kappa shape index (κ3) is 4.28. The smallest absolute Gasteiger partial charge is 0.186 e. The van der Waals surface area contributed by atoms with E-state index in [0.29, 0.717) is 41.8 Å². The number of ether oxygens (including phenoxy) is 4. The van der Waals surface area contributed by atoms with E-state index in [1.54, 1.807) is 0 Å². The van der Waals surface area contributed by atoms with Crippen molar-refractivity contribution >= 4 is 5.78 Å². The van der Waals surface area contributed by atoms with E-state index in [9.17, 15) is 25.2 Å². The van der Waals surface area contributed by atoms with Gasteiger partial charge in [0.1, 0.15) is 30.2 Å². The zero-order chi connectivity index (χ0) is 29.8. The molecule has 3 saturated heterocycles. The first-order valence-electron chi connectivity index (χ1n) is 16.7. The van der Waals surface area contributed by atoms with Crippen molar-refractivity contribution in [3.8, 4) is 0 Å². The molecule has 0 radical (unpaired) electrons. The highest BCUT2D eigenvalue weighted by atomic mass is 16.7. The van der Waals surface area contributed by atoms with Crippen molar-refractivity contribution in [2.75, 3.05) is 13.2 Å². The predicted octanol–water partition coefficient (Wildman–Crippen LogP) is 2.80. The van der Waals surface area contributed by atoms with Gasteiger partial charge in [0.25, 0.3) is 0 Å². The van der Waals surface area contributed by atoms with Crippen LogP contribution in [-0.2, 0) is 23.7 Å². The molecule has 7 fully saturated rings. The second kappa shape index (κ2) is 10.4. The molecule has 9 heteroatoms. The van der Waals surface area contributed by atoms with E-state index in [1.807, 2.05) is 0 Å². The van der Waals surface area contributed by atoms with Crippen LogP contribution in [-0.4, -0.2) is 88.1 Å². The van der Waals surface area contributed by atoms with Crippen LogP contribution in [0.15, 0.2) is 0 Å². The number of hydrogen-bond donors (Lipinski definition) is 4. The zero-order valence-corrected chi connectivity index (χ0v) is 25.7. The number of aliphatic hydroxyl groups is 4. The van der Waals surface area contributed by atoms with Gasteiger partial charge in [-0.25, -0.2) is 0 Å². The summed E-state index contributed by atoms with van der Waals surface area (Å²) >= 11 is 0. The third-order valence-corrected chi connectivity index (χ3v) is 13.7. The fourth-order valence-corrected chi connectivity index (χ4v) is 11.5. The Morgan fingerprint density at radius 2 is 1.74 bits per heavy atom. The molecule has 9 nitrogen and oxygen atoms in total. The Kier molecular flexibility index (Phi) is 7.47. The van der Waals surface area contributed by atoms with Gasteiger partial charge in [0.2, 0.25) is 0 Å². The van der Waals surface area contributed by atoms with Gasteiger partial charge in [-0.2, -0.15) is 0 Å². The lowest BCUT2D eigenvalue weighted by atomic mass is 9.44. The number of carbonyl (C=O) groups excluding carboxylic acids is 1. The zero-order valence-electron chi connectivity index (χ0n) is 25.7. The summed E-state index contributed by atoms with van der Waals surface area (Å²) in [4.78, 5) is 14.3. The second-order valence-electron chi connectivity index (χ2n) is 15.9. The van der Waals surface area contributed by atoms with Gasteiger partial charge in [0.05, 0.1) is 25.4 Å². The summed E-state index contributed by atoms with van der Waals surface area (Å²) in [7, 11) is 0. The van der Waals surface area contributed by atoms with Crippen molar-refractivity contribution < 1.29 is 44.2 Å². The number of ketones is 1. The van der Waals surface area contributed by atoms with Crippen LogP contribution in [0.1, 0.15) is 85.5 Å². The average molecular weight is 593 g/mol. The lowest BCUT2D eigenvalue weighted by molar-refractivity contribution is -0.316. The van der Waals surface area contributed by atoms with E-state index in [-0.39, 0.29) is 34.9 Å². The van der Waals surface area contributed by atoms with Crippen molar-refractivity contribution in [2.24, 2.45) is 52.3 Å². The predicted molar refractivity (Wildman–Crippen MR) is 151 cm³/mol. The third-order valence-electron chi connectivity index (χ3n) is 13.7. The molecule has 7 rings (SSSR count). The Morgan fingerprint density at radius 1 is 0.952 bits per heavy atom. The molecule has 0 aromatic carbocycles. The number of carbonyl (C=O) groups is 1. The van der Waals surface area contributed by atoms with Gasteiger partial charge in [-0.15, -0.1) is 0 Å². The molecule has 0 aromatic heterocycles. The first-order valence-corrected chi connectivity index (χ1v) is 16.7. The van der Waals surface area contributed by atoms with Crippen LogP contribution in [0.3, 0.4) is 0 Å². The normalized spacial score (nSPS) is 59.2. The maximum atomic E-state index is 14.3. The molecule has 1 unspecified atom stereocenters. The standard InChI is InChI=1S/C33H52O9/c1-16-7-10-33(39-15-16)17(2)25-23(42-33)12-21-20-6-5-18-11-19(40-30-29(38)28(37)27(36)24(14-34)41-30)8-9-31(18,3)26(20)22(35)13-32(21,25)4/h16-21,23-30,34,36-38H,5-15H2,1-4H3/t16?,17-,18-,19-,20-,21-,23-,24+,25-,26+,27-,28-,29+,30+,31-,32-,33+/m0/s1. The van der Waals surface area contributed by atoms with Crippen LogP contribution < -0.4 is 0 Å². The SMILES string of the molecule is CC1CC[C@@]2(OC1)O[C@H]1C[C@H]3[C@@H]4CC[C@H]5C[C@@H](O[C@@H]6O[C@H](CO)[C@H](O)[C@H](O)[C@H]6O)CC[C@]5(C)[C@H]4C(=O)C[C@]3(C)[C@H]1[C@@H]2C. The summed E-state index contributed by atoms with van der Waals surface area (Å²) in [6.07, 6.45) is 1.88. The minimum Gasteiger partial charge on any atom is -0.394 e. The Labute approximate surface area is 249 Å². The summed E-state index contributed by atoms with van der Waals surface area (Å²) in [6, 6.07) is 0. The molecule has 0 bridgehead atoms. The summed E-state index contributed by atoms with van der Waals surface area (Å²) in [5.41, 5.74) is -0.143. The molecule has 3 heterocycles. The van der Waals surface area contributed by atoms with Gasteiger partial charge in [-0.1, -0.05) is 27.7 Å². The molecular formula is C33H52O9. The molecule has 238 valence electrons. The monoisotopic (exact) mass is 592 g/mol. The molecule has 1 spiro atoms. The maximum Gasteiger partial charge on any atom is 0.186 e. The highest BCUT2D eigenvalue weighted by molar-refractivity contribution is 5.84. The van der Waals surface area contributed by atoms with Crippen molar-refractivity contribution in [1.82, 2.24) is 0 Å². The number of hydrogen-bond acceptors (Lipinski definition) is 9. The summed E-state index contributed by atoms with van der Waals surface area (Å²) in [5.74, 6) is 2.42. The van der Waals surface area contributed by atoms with Gasteiger partial charge in [0.15, 0.2) is 12.1 Å². The Hall–Kier alpha value is -0.650. The Morgan fingerprint density at radius 3 is 2.45 bits per heavy atom. The summed E-state index contributed by atoms with van der Waals surface area (Å²) in [6.45, 7) is 9.57. The van der Waals surface area contributed by atoms with Gasteiger partial charge < -0.3 is 39.4 Å². The van der Waals surface area contributed by atoms with Crippen LogP contribution in [0, 0.1) is 52.3 Å². The van der Waals surface area contributed by atoms with E-state index in [2.05, 4.69) is 27.7 Å². The molecule has 4 N–H and O–H groups in total. The topological polar surface area (TPSA) is 135 Å². The molecule has 0 amide bonds. The van der Waals surface area contributed by atoms with Crippen molar-refractivity contribution in [1.29, 1.82) is 0 Å². The van der Waals surface area contributed by atoms with Gasteiger partial charge >= 0.3 is 0 Å². The van der Waals surface area contributed by atoms with Crippen molar-refractivity contribution in [2.45, 2.75) is 134 Å². The number of fused-ring (bicyclic) bond motifs is 7. The first kappa shape index (κ1) is 30.0. The largest absolute Gasteiger partial charge is 0.394 e. The molecule has 42 heavy (non-hydrogen) atoms.